The number of benzene rings is 1. The summed E-state index contributed by atoms with van der Waals surface area (Å²) in [7, 11) is 0. The summed E-state index contributed by atoms with van der Waals surface area (Å²) < 4.78 is 14.2. The fourth-order valence-electron chi connectivity index (χ4n) is 3.45. The molecule has 9 heteroatoms. The zero-order valence-electron chi connectivity index (χ0n) is 16.0. The summed E-state index contributed by atoms with van der Waals surface area (Å²) in [5.74, 6) is 0.988. The lowest BCUT2D eigenvalue weighted by molar-refractivity contribution is 0.589. The van der Waals surface area contributed by atoms with Gasteiger partial charge in [-0.15, -0.1) is 0 Å². The van der Waals surface area contributed by atoms with Gasteiger partial charge in [0.25, 0.3) is 0 Å². The maximum Gasteiger partial charge on any atom is 0.229 e. The van der Waals surface area contributed by atoms with Crippen LogP contribution in [0.2, 0.25) is 0 Å². The number of piperazine rings is 1. The van der Waals surface area contributed by atoms with Gasteiger partial charge in [-0.25, -0.2) is 9.37 Å². The first-order valence-electron chi connectivity index (χ1n) is 9.92. The minimum Gasteiger partial charge on any atom is -0.369 e. The molecular weight excluding hydrogens is 371 g/mol. The Morgan fingerprint density at radius 1 is 1.07 bits per heavy atom. The van der Waals surface area contributed by atoms with Gasteiger partial charge < -0.3 is 20.9 Å². The lowest BCUT2D eigenvalue weighted by Crippen LogP contribution is -2.43. The Kier molecular flexibility index (Phi) is 4.73. The highest BCUT2D eigenvalue weighted by Gasteiger charge is 2.25. The van der Waals surface area contributed by atoms with Crippen LogP contribution in [0.4, 0.5) is 33.3 Å². The molecule has 2 aliphatic rings. The van der Waals surface area contributed by atoms with Crippen molar-refractivity contribution in [2.24, 2.45) is 0 Å². The van der Waals surface area contributed by atoms with Crippen molar-refractivity contribution < 1.29 is 4.39 Å². The summed E-state index contributed by atoms with van der Waals surface area (Å²) in [6, 6.07) is 10.00. The molecule has 1 aromatic carbocycles. The highest BCUT2D eigenvalue weighted by atomic mass is 19.1. The second-order valence-electron chi connectivity index (χ2n) is 7.41. The minimum absolute atomic E-state index is 0.0915. The van der Waals surface area contributed by atoms with Crippen molar-refractivity contribution in [3.8, 4) is 0 Å². The molecule has 5 rings (SSSR count). The van der Waals surface area contributed by atoms with E-state index in [4.69, 9.17) is 0 Å². The smallest absolute Gasteiger partial charge is 0.229 e. The molecule has 4 N–H and O–H groups in total. The van der Waals surface area contributed by atoms with Crippen LogP contribution in [0.1, 0.15) is 24.5 Å². The first-order chi connectivity index (χ1) is 14.2. The Morgan fingerprint density at radius 2 is 1.86 bits per heavy atom. The number of halogens is 1. The molecule has 3 heterocycles. The number of aromatic nitrogens is 4. The second kappa shape index (κ2) is 7.67. The van der Waals surface area contributed by atoms with Crippen molar-refractivity contribution in [1.82, 2.24) is 25.5 Å². The second-order valence-corrected chi connectivity index (χ2v) is 7.41. The monoisotopic (exact) mass is 394 g/mol. The van der Waals surface area contributed by atoms with Crippen molar-refractivity contribution in [3.63, 3.8) is 0 Å². The molecule has 0 spiro atoms. The molecule has 3 aromatic rings. The van der Waals surface area contributed by atoms with Gasteiger partial charge in [0.15, 0.2) is 17.5 Å². The highest BCUT2D eigenvalue weighted by Crippen LogP contribution is 2.39. The van der Waals surface area contributed by atoms with Crippen LogP contribution in [0.5, 0.6) is 0 Å². The third kappa shape index (κ3) is 4.14. The third-order valence-electron chi connectivity index (χ3n) is 5.21. The lowest BCUT2D eigenvalue weighted by Gasteiger charge is -2.29. The molecule has 0 atom stereocenters. The van der Waals surface area contributed by atoms with Gasteiger partial charge in [0, 0.05) is 55.2 Å². The van der Waals surface area contributed by atoms with Crippen LogP contribution in [0.25, 0.3) is 0 Å². The van der Waals surface area contributed by atoms with Crippen molar-refractivity contribution >= 4 is 29.0 Å². The molecule has 2 aromatic heterocycles. The van der Waals surface area contributed by atoms with E-state index in [-0.39, 0.29) is 5.82 Å². The largest absolute Gasteiger partial charge is 0.369 e. The van der Waals surface area contributed by atoms with E-state index < -0.39 is 5.82 Å². The van der Waals surface area contributed by atoms with E-state index in [1.807, 2.05) is 18.2 Å². The SMILES string of the molecule is Fc1cnc(Nc2ccc(N3CCNCC3)cc2)nc1Nc1cc(C2CC2)[nH]n1. The van der Waals surface area contributed by atoms with Crippen molar-refractivity contribution in [3.05, 3.63) is 48.0 Å². The zero-order chi connectivity index (χ0) is 19.6. The number of anilines is 5. The van der Waals surface area contributed by atoms with E-state index >= 15 is 0 Å². The van der Waals surface area contributed by atoms with Crippen LogP contribution in [-0.2, 0) is 0 Å². The van der Waals surface area contributed by atoms with E-state index in [0.29, 0.717) is 17.7 Å². The quantitative estimate of drug-likeness (QED) is 0.510. The Hall–Kier alpha value is -3.20. The summed E-state index contributed by atoms with van der Waals surface area (Å²) >= 11 is 0. The highest BCUT2D eigenvalue weighted by molar-refractivity contribution is 5.61. The molecule has 1 saturated carbocycles. The van der Waals surface area contributed by atoms with Gasteiger partial charge in [0.1, 0.15) is 0 Å². The Morgan fingerprint density at radius 3 is 2.62 bits per heavy atom. The van der Waals surface area contributed by atoms with Gasteiger partial charge in [-0.05, 0) is 37.1 Å². The Bertz CT molecular complexity index is 976. The third-order valence-corrected chi connectivity index (χ3v) is 5.21. The number of nitrogens with one attached hydrogen (secondary N) is 4. The molecule has 0 bridgehead atoms. The molecule has 1 aliphatic heterocycles. The molecule has 0 amide bonds. The standard InChI is InChI=1S/C20H23FN8/c21-16-12-23-20(26-19(16)25-18-11-17(27-28-18)13-1-2-13)24-14-3-5-15(6-4-14)29-9-7-22-8-10-29/h3-6,11-13,22H,1-2,7-10H2,(H3,23,24,25,26,27,28). The van der Waals surface area contributed by atoms with E-state index in [1.54, 1.807) is 0 Å². The summed E-state index contributed by atoms with van der Waals surface area (Å²) in [6.07, 6.45) is 3.50. The summed E-state index contributed by atoms with van der Waals surface area (Å²) in [5, 5.41) is 16.6. The minimum atomic E-state index is -0.527. The fourth-order valence-corrected chi connectivity index (χ4v) is 3.45. The molecule has 29 heavy (non-hydrogen) atoms. The average Bonchev–Trinajstić information content (AvgIpc) is 3.51. The number of aromatic amines is 1. The van der Waals surface area contributed by atoms with E-state index in [1.165, 1.54) is 18.5 Å². The van der Waals surface area contributed by atoms with Gasteiger partial charge in [0.2, 0.25) is 5.95 Å². The molecule has 2 fully saturated rings. The van der Waals surface area contributed by atoms with Gasteiger partial charge in [0.05, 0.1) is 6.20 Å². The van der Waals surface area contributed by atoms with Crippen LogP contribution in [-0.4, -0.2) is 46.3 Å². The maximum absolute atomic E-state index is 14.2. The number of nitrogens with zero attached hydrogens (tertiary/aromatic N) is 4. The number of hydrogen-bond donors (Lipinski definition) is 4. The van der Waals surface area contributed by atoms with Gasteiger partial charge in [-0.2, -0.15) is 10.1 Å². The molecule has 0 unspecified atom stereocenters. The molecule has 1 saturated heterocycles. The average molecular weight is 394 g/mol. The van der Waals surface area contributed by atoms with E-state index in [9.17, 15) is 4.39 Å². The normalized spacial score (nSPS) is 16.7. The Balaban J connectivity index is 1.27. The first-order valence-corrected chi connectivity index (χ1v) is 9.92. The Labute approximate surface area is 168 Å². The van der Waals surface area contributed by atoms with Crippen LogP contribution in [0.3, 0.4) is 0 Å². The predicted molar refractivity (Wildman–Crippen MR) is 111 cm³/mol. The molecule has 0 radical (unpaired) electrons. The summed E-state index contributed by atoms with van der Waals surface area (Å²) in [5.41, 5.74) is 3.10. The molecule has 1 aliphatic carbocycles. The summed E-state index contributed by atoms with van der Waals surface area (Å²) in [6.45, 7) is 3.99. The first kappa shape index (κ1) is 17.9. The molecular formula is C20H23FN8. The van der Waals surface area contributed by atoms with Crippen LogP contribution in [0.15, 0.2) is 36.5 Å². The van der Waals surface area contributed by atoms with Crippen molar-refractivity contribution in [1.29, 1.82) is 0 Å². The number of hydrogen-bond acceptors (Lipinski definition) is 7. The molecule has 8 nitrogen and oxygen atoms in total. The van der Waals surface area contributed by atoms with Crippen molar-refractivity contribution in [2.75, 3.05) is 41.7 Å². The van der Waals surface area contributed by atoms with Crippen LogP contribution in [0, 0.1) is 5.82 Å². The lowest BCUT2D eigenvalue weighted by atomic mass is 10.2. The molecule has 150 valence electrons. The topological polar surface area (TPSA) is 93.8 Å². The zero-order valence-corrected chi connectivity index (χ0v) is 16.0. The van der Waals surface area contributed by atoms with E-state index in [0.717, 1.165) is 43.8 Å². The van der Waals surface area contributed by atoms with Gasteiger partial charge >= 0.3 is 0 Å². The summed E-state index contributed by atoms with van der Waals surface area (Å²) in [4.78, 5) is 10.7. The van der Waals surface area contributed by atoms with Gasteiger partial charge in [-0.3, -0.25) is 5.10 Å². The van der Waals surface area contributed by atoms with Crippen molar-refractivity contribution in [2.45, 2.75) is 18.8 Å². The predicted octanol–water partition coefficient (Wildman–Crippen LogP) is 3.11. The number of H-pyrrole nitrogens is 1. The van der Waals surface area contributed by atoms with Crippen LogP contribution < -0.4 is 20.9 Å². The van der Waals surface area contributed by atoms with E-state index in [2.05, 4.69) is 53.1 Å². The van der Waals surface area contributed by atoms with Gasteiger partial charge in [-0.1, -0.05) is 0 Å². The fraction of sp³-hybridized carbons (Fsp3) is 0.350. The number of rotatable bonds is 6. The maximum atomic E-state index is 14.2. The van der Waals surface area contributed by atoms with Crippen LogP contribution >= 0.6 is 0 Å².